The first-order valence-corrected chi connectivity index (χ1v) is 5.64. The lowest BCUT2D eigenvalue weighted by atomic mass is 10.0. The van der Waals surface area contributed by atoms with Gasteiger partial charge in [-0.3, -0.25) is 4.79 Å². The monoisotopic (exact) mass is 207 g/mol. The number of hydrogen-bond donors (Lipinski definition) is 0. The quantitative estimate of drug-likeness (QED) is 0.763. The smallest absolute Gasteiger partial charge is 0.289 e. The van der Waals surface area contributed by atoms with Crippen LogP contribution in [0.5, 0.6) is 0 Å². The van der Waals surface area contributed by atoms with Gasteiger partial charge < -0.3 is 9.32 Å². The molecule has 0 N–H and O–H groups in total. The molecule has 0 radical (unpaired) electrons. The van der Waals surface area contributed by atoms with Crippen LogP contribution in [0.25, 0.3) is 0 Å². The van der Waals surface area contributed by atoms with Gasteiger partial charge in [0, 0.05) is 13.1 Å². The van der Waals surface area contributed by atoms with Gasteiger partial charge >= 0.3 is 0 Å². The first-order chi connectivity index (χ1) is 7.31. The van der Waals surface area contributed by atoms with Crippen LogP contribution >= 0.6 is 0 Å². The number of rotatable bonds is 3. The fourth-order valence-electron chi connectivity index (χ4n) is 2.22. The summed E-state index contributed by atoms with van der Waals surface area (Å²) in [5.41, 5.74) is 0. The highest BCUT2D eigenvalue weighted by molar-refractivity contribution is 5.91. The number of carbonyl (C=O) groups excluding carboxylic acids is 1. The van der Waals surface area contributed by atoms with Crippen molar-refractivity contribution < 1.29 is 9.21 Å². The number of nitrogens with zero attached hydrogens (tertiary/aromatic N) is 1. The van der Waals surface area contributed by atoms with Crippen molar-refractivity contribution in [2.45, 2.75) is 26.2 Å². The predicted molar refractivity (Wildman–Crippen MR) is 57.6 cm³/mol. The van der Waals surface area contributed by atoms with Crippen LogP contribution in [0.2, 0.25) is 0 Å². The molecule has 1 aliphatic rings. The molecule has 3 heteroatoms. The Morgan fingerprint density at radius 1 is 1.67 bits per heavy atom. The minimum absolute atomic E-state index is 0.0404. The van der Waals surface area contributed by atoms with Gasteiger partial charge in [0.05, 0.1) is 6.26 Å². The molecule has 1 saturated heterocycles. The first kappa shape index (κ1) is 10.3. The Balaban J connectivity index is 1.93. The maximum atomic E-state index is 11.9. The standard InChI is InChI=1S/C12H17NO2/c1-2-4-10-6-7-13(9-10)12(14)11-5-3-8-15-11/h3,5,8,10H,2,4,6-7,9H2,1H3. The van der Waals surface area contributed by atoms with Crippen LogP contribution in [0.1, 0.15) is 36.7 Å². The zero-order chi connectivity index (χ0) is 10.7. The zero-order valence-electron chi connectivity index (χ0n) is 9.11. The third kappa shape index (κ3) is 2.22. The third-order valence-electron chi connectivity index (χ3n) is 3.00. The summed E-state index contributed by atoms with van der Waals surface area (Å²) < 4.78 is 5.11. The van der Waals surface area contributed by atoms with Crippen LogP contribution in [0.3, 0.4) is 0 Å². The molecule has 15 heavy (non-hydrogen) atoms. The molecule has 0 aromatic carbocycles. The van der Waals surface area contributed by atoms with E-state index in [1.165, 1.54) is 12.8 Å². The Labute approximate surface area is 90.1 Å². The van der Waals surface area contributed by atoms with Gasteiger partial charge in [-0.05, 0) is 30.9 Å². The highest BCUT2D eigenvalue weighted by Gasteiger charge is 2.27. The minimum atomic E-state index is 0.0404. The van der Waals surface area contributed by atoms with Crippen LogP contribution in [-0.4, -0.2) is 23.9 Å². The molecule has 1 unspecified atom stereocenters. The molecule has 0 bridgehead atoms. The Kier molecular flexibility index (Phi) is 3.09. The zero-order valence-corrected chi connectivity index (χ0v) is 9.11. The summed E-state index contributed by atoms with van der Waals surface area (Å²) >= 11 is 0. The summed E-state index contributed by atoms with van der Waals surface area (Å²) in [5, 5.41) is 0. The van der Waals surface area contributed by atoms with Gasteiger partial charge in [-0.1, -0.05) is 13.3 Å². The number of hydrogen-bond acceptors (Lipinski definition) is 2. The molecule has 1 aliphatic heterocycles. The molecule has 0 saturated carbocycles. The molecule has 3 nitrogen and oxygen atoms in total. The molecular formula is C12H17NO2. The summed E-state index contributed by atoms with van der Waals surface area (Å²) in [6, 6.07) is 3.49. The maximum Gasteiger partial charge on any atom is 0.289 e. The van der Waals surface area contributed by atoms with E-state index in [1.807, 2.05) is 4.90 Å². The van der Waals surface area contributed by atoms with Crippen LogP contribution in [-0.2, 0) is 0 Å². The number of carbonyl (C=O) groups is 1. The van der Waals surface area contributed by atoms with Crippen LogP contribution in [0, 0.1) is 5.92 Å². The van der Waals surface area contributed by atoms with E-state index in [2.05, 4.69) is 6.92 Å². The van der Waals surface area contributed by atoms with Crippen molar-refractivity contribution in [1.29, 1.82) is 0 Å². The fourth-order valence-corrected chi connectivity index (χ4v) is 2.22. The van der Waals surface area contributed by atoms with Gasteiger partial charge in [0.1, 0.15) is 0 Å². The van der Waals surface area contributed by atoms with Gasteiger partial charge in [0.25, 0.3) is 5.91 Å². The summed E-state index contributed by atoms with van der Waals surface area (Å²) in [6.07, 6.45) is 5.11. The van der Waals surface area contributed by atoms with Gasteiger partial charge in [0.15, 0.2) is 5.76 Å². The molecule has 2 rings (SSSR count). The summed E-state index contributed by atoms with van der Waals surface area (Å²) in [5.74, 6) is 1.19. The molecule has 1 amide bonds. The van der Waals surface area contributed by atoms with E-state index >= 15 is 0 Å². The van der Waals surface area contributed by atoms with Crippen molar-refractivity contribution in [2.24, 2.45) is 5.92 Å². The lowest BCUT2D eigenvalue weighted by Gasteiger charge is -2.14. The van der Waals surface area contributed by atoms with Crippen molar-refractivity contribution in [3.63, 3.8) is 0 Å². The first-order valence-electron chi connectivity index (χ1n) is 5.64. The lowest BCUT2D eigenvalue weighted by Crippen LogP contribution is -2.28. The molecule has 2 heterocycles. The maximum absolute atomic E-state index is 11.9. The van der Waals surface area contributed by atoms with E-state index in [-0.39, 0.29) is 5.91 Å². The van der Waals surface area contributed by atoms with Crippen LogP contribution in [0.15, 0.2) is 22.8 Å². The normalized spacial score (nSPS) is 20.9. The second kappa shape index (κ2) is 4.51. The van der Waals surface area contributed by atoms with E-state index in [9.17, 15) is 4.79 Å². The van der Waals surface area contributed by atoms with E-state index in [1.54, 1.807) is 18.4 Å². The van der Waals surface area contributed by atoms with Crippen LogP contribution in [0.4, 0.5) is 0 Å². The van der Waals surface area contributed by atoms with Gasteiger partial charge in [-0.2, -0.15) is 0 Å². The Bertz CT molecular complexity index is 318. The molecular weight excluding hydrogens is 190 g/mol. The highest BCUT2D eigenvalue weighted by Crippen LogP contribution is 2.22. The van der Waals surface area contributed by atoms with Crippen molar-refractivity contribution >= 4 is 5.91 Å². The molecule has 1 atom stereocenters. The second-order valence-electron chi connectivity index (χ2n) is 4.17. The Hall–Kier alpha value is -1.25. The minimum Gasteiger partial charge on any atom is -0.459 e. The van der Waals surface area contributed by atoms with E-state index in [0.29, 0.717) is 11.7 Å². The number of likely N-dealkylation sites (tertiary alicyclic amines) is 1. The van der Waals surface area contributed by atoms with E-state index in [4.69, 9.17) is 4.42 Å². The summed E-state index contributed by atoms with van der Waals surface area (Å²) in [4.78, 5) is 13.8. The SMILES string of the molecule is CCCC1CCN(C(=O)c2ccco2)C1. The molecule has 0 spiro atoms. The largest absolute Gasteiger partial charge is 0.459 e. The number of furan rings is 1. The average Bonchev–Trinajstić information content (AvgIpc) is 2.87. The highest BCUT2D eigenvalue weighted by atomic mass is 16.3. The van der Waals surface area contributed by atoms with E-state index in [0.717, 1.165) is 19.5 Å². The molecule has 82 valence electrons. The number of amides is 1. The predicted octanol–water partition coefficient (Wildman–Crippen LogP) is 2.54. The topological polar surface area (TPSA) is 33.5 Å². The lowest BCUT2D eigenvalue weighted by molar-refractivity contribution is 0.0755. The van der Waals surface area contributed by atoms with Crippen molar-refractivity contribution in [2.75, 3.05) is 13.1 Å². The fraction of sp³-hybridized carbons (Fsp3) is 0.583. The molecule has 1 aromatic heterocycles. The Morgan fingerprint density at radius 2 is 2.53 bits per heavy atom. The van der Waals surface area contributed by atoms with Gasteiger partial charge in [-0.15, -0.1) is 0 Å². The van der Waals surface area contributed by atoms with Crippen LogP contribution < -0.4 is 0 Å². The van der Waals surface area contributed by atoms with Gasteiger partial charge in [0.2, 0.25) is 0 Å². The third-order valence-corrected chi connectivity index (χ3v) is 3.00. The van der Waals surface area contributed by atoms with E-state index < -0.39 is 0 Å². The second-order valence-corrected chi connectivity index (χ2v) is 4.17. The average molecular weight is 207 g/mol. The summed E-state index contributed by atoms with van der Waals surface area (Å²) in [7, 11) is 0. The van der Waals surface area contributed by atoms with Gasteiger partial charge in [-0.25, -0.2) is 0 Å². The molecule has 1 aromatic rings. The van der Waals surface area contributed by atoms with Crippen molar-refractivity contribution in [3.05, 3.63) is 24.2 Å². The van der Waals surface area contributed by atoms with Crippen molar-refractivity contribution in [1.82, 2.24) is 4.90 Å². The van der Waals surface area contributed by atoms with Crippen molar-refractivity contribution in [3.8, 4) is 0 Å². The Morgan fingerprint density at radius 3 is 3.20 bits per heavy atom. The molecule has 0 aliphatic carbocycles. The summed E-state index contributed by atoms with van der Waals surface area (Å²) in [6.45, 7) is 3.97. The molecule has 1 fully saturated rings.